The molecule has 1 heterocycles. The zero-order chi connectivity index (χ0) is 20.2. The summed E-state index contributed by atoms with van der Waals surface area (Å²) in [5.74, 6) is 0.743. The number of aryl methyl sites for hydroxylation is 2. The lowest BCUT2D eigenvalue weighted by Crippen LogP contribution is -2.49. The van der Waals surface area contributed by atoms with E-state index in [1.54, 1.807) is 13.8 Å². The largest absolute Gasteiger partial charge is 0.370 e. The Morgan fingerprint density at radius 1 is 1.36 bits per heavy atom. The van der Waals surface area contributed by atoms with Crippen LogP contribution in [0.5, 0.6) is 0 Å². The summed E-state index contributed by atoms with van der Waals surface area (Å²) < 4.78 is 29.1. The van der Waals surface area contributed by atoms with E-state index in [2.05, 4.69) is 47.3 Å². The van der Waals surface area contributed by atoms with Crippen LogP contribution in [0.2, 0.25) is 0 Å². The summed E-state index contributed by atoms with van der Waals surface area (Å²) in [6.07, 6.45) is 1.24. The minimum Gasteiger partial charge on any atom is -0.370 e. The van der Waals surface area contributed by atoms with Gasteiger partial charge >= 0.3 is 0 Å². The fourth-order valence-corrected chi connectivity index (χ4v) is 3.32. The van der Waals surface area contributed by atoms with Crippen LogP contribution < -0.4 is 5.32 Å². The van der Waals surface area contributed by atoms with Crippen LogP contribution in [-0.4, -0.2) is 63.1 Å². The first-order valence-electron chi connectivity index (χ1n) is 9.47. The molecule has 1 atom stereocenters. The molecule has 0 spiro atoms. The van der Waals surface area contributed by atoms with Crippen molar-refractivity contribution in [2.45, 2.75) is 45.5 Å². The van der Waals surface area contributed by atoms with Crippen molar-refractivity contribution in [2.75, 3.05) is 39.0 Å². The van der Waals surface area contributed by atoms with E-state index in [-0.39, 0.29) is 36.6 Å². The normalized spacial score (nSPS) is 18.6. The highest BCUT2D eigenvalue weighted by molar-refractivity contribution is 14.0. The molecule has 0 amide bonds. The molecule has 0 bridgehead atoms. The van der Waals surface area contributed by atoms with Crippen molar-refractivity contribution in [1.29, 1.82) is 0 Å². The number of nitrogens with zero attached hydrogens (tertiary/aromatic N) is 2. The molecule has 28 heavy (non-hydrogen) atoms. The molecule has 1 saturated heterocycles. The topological polar surface area (TPSA) is 71.0 Å². The highest BCUT2D eigenvalue weighted by Gasteiger charge is 2.31. The molecule has 6 nitrogen and oxygen atoms in total. The Kier molecular flexibility index (Phi) is 9.21. The number of guanidine groups is 1. The number of rotatable bonds is 5. The van der Waals surface area contributed by atoms with Crippen molar-refractivity contribution in [3.63, 3.8) is 0 Å². The average molecular weight is 523 g/mol. The summed E-state index contributed by atoms with van der Waals surface area (Å²) in [4.78, 5) is 6.80. The molecule has 1 aromatic carbocycles. The Morgan fingerprint density at radius 3 is 2.61 bits per heavy atom. The van der Waals surface area contributed by atoms with Crippen LogP contribution in [0.4, 0.5) is 0 Å². The molecule has 160 valence electrons. The summed E-state index contributed by atoms with van der Waals surface area (Å²) in [6.45, 7) is 12.6. The van der Waals surface area contributed by atoms with E-state index in [4.69, 9.17) is 4.74 Å². The number of halogens is 1. The lowest BCUT2D eigenvalue weighted by molar-refractivity contribution is -0.00834. The van der Waals surface area contributed by atoms with Crippen LogP contribution in [0.25, 0.3) is 0 Å². The third-order valence-corrected chi connectivity index (χ3v) is 7.22. The molecule has 0 saturated carbocycles. The zero-order valence-electron chi connectivity index (χ0n) is 17.8. The SMILES string of the molecule is CCNC(=NCC(C)(C)S(C)(=O)=O)N1CCOC(c2ccc(C)cc2C)C1.I. The molecule has 0 aromatic heterocycles. The molecule has 1 fully saturated rings. The average Bonchev–Trinajstić information content (AvgIpc) is 2.57. The summed E-state index contributed by atoms with van der Waals surface area (Å²) >= 11 is 0. The molecule has 1 N–H and O–H groups in total. The Bertz CT molecular complexity index is 794. The van der Waals surface area contributed by atoms with Gasteiger partial charge in [0.25, 0.3) is 0 Å². The van der Waals surface area contributed by atoms with Crippen molar-refractivity contribution in [3.05, 3.63) is 34.9 Å². The van der Waals surface area contributed by atoms with Gasteiger partial charge in [-0.3, -0.25) is 4.99 Å². The van der Waals surface area contributed by atoms with Crippen molar-refractivity contribution in [2.24, 2.45) is 4.99 Å². The van der Waals surface area contributed by atoms with Gasteiger partial charge in [0.2, 0.25) is 0 Å². The van der Waals surface area contributed by atoms with Gasteiger partial charge in [0.05, 0.1) is 24.4 Å². The standard InChI is InChI=1S/C20H33N3O3S.HI/c1-7-21-19(22-14-20(4,5)27(6,24)25)23-10-11-26-18(13-23)17-9-8-15(2)12-16(17)3;/h8-9,12,18H,7,10-11,13-14H2,1-6H3,(H,21,22);1H. The van der Waals surface area contributed by atoms with Gasteiger partial charge in [-0.25, -0.2) is 8.42 Å². The molecule has 0 radical (unpaired) electrons. The fourth-order valence-electron chi connectivity index (χ4n) is 3.03. The van der Waals surface area contributed by atoms with Gasteiger partial charge < -0.3 is 15.0 Å². The first-order valence-corrected chi connectivity index (χ1v) is 11.4. The number of benzene rings is 1. The van der Waals surface area contributed by atoms with Crippen LogP contribution in [0.1, 0.15) is 43.6 Å². The molecular weight excluding hydrogens is 489 g/mol. The van der Waals surface area contributed by atoms with E-state index < -0.39 is 14.6 Å². The monoisotopic (exact) mass is 523 g/mol. The Labute approximate surface area is 187 Å². The molecule has 2 rings (SSSR count). The van der Waals surface area contributed by atoms with Crippen molar-refractivity contribution in [1.82, 2.24) is 10.2 Å². The number of aliphatic imine (C=N–C) groups is 1. The minimum absolute atomic E-state index is 0. The molecule has 0 aliphatic carbocycles. The Hall–Kier alpha value is -0.870. The van der Waals surface area contributed by atoms with Crippen LogP contribution in [0, 0.1) is 13.8 Å². The Morgan fingerprint density at radius 2 is 2.04 bits per heavy atom. The lowest BCUT2D eigenvalue weighted by Gasteiger charge is -2.36. The maximum absolute atomic E-state index is 12.0. The van der Waals surface area contributed by atoms with Gasteiger partial charge in [-0.15, -0.1) is 24.0 Å². The van der Waals surface area contributed by atoms with Gasteiger partial charge in [-0.2, -0.15) is 0 Å². The molecule has 1 unspecified atom stereocenters. The quantitative estimate of drug-likeness (QED) is 0.365. The van der Waals surface area contributed by atoms with Gasteiger partial charge in [0, 0.05) is 19.3 Å². The zero-order valence-corrected chi connectivity index (χ0v) is 20.9. The predicted molar refractivity (Wildman–Crippen MR) is 126 cm³/mol. The van der Waals surface area contributed by atoms with E-state index in [0.717, 1.165) is 19.0 Å². The van der Waals surface area contributed by atoms with E-state index in [1.165, 1.54) is 22.9 Å². The summed E-state index contributed by atoms with van der Waals surface area (Å²) in [7, 11) is -3.19. The number of nitrogens with one attached hydrogen (secondary N) is 1. The fraction of sp³-hybridized carbons (Fsp3) is 0.650. The highest BCUT2D eigenvalue weighted by atomic mass is 127. The third kappa shape index (κ3) is 6.32. The number of hydrogen-bond donors (Lipinski definition) is 1. The van der Waals surface area contributed by atoms with E-state index >= 15 is 0 Å². The molecule has 8 heteroatoms. The van der Waals surface area contributed by atoms with E-state index in [9.17, 15) is 8.42 Å². The summed E-state index contributed by atoms with van der Waals surface area (Å²) in [5.41, 5.74) is 3.65. The second-order valence-corrected chi connectivity index (χ2v) is 10.5. The molecule has 1 aliphatic rings. The van der Waals surface area contributed by atoms with Crippen molar-refractivity contribution < 1.29 is 13.2 Å². The van der Waals surface area contributed by atoms with Crippen LogP contribution >= 0.6 is 24.0 Å². The maximum atomic E-state index is 12.0. The predicted octanol–water partition coefficient (Wildman–Crippen LogP) is 3.08. The van der Waals surface area contributed by atoms with Crippen LogP contribution in [0.15, 0.2) is 23.2 Å². The highest BCUT2D eigenvalue weighted by Crippen LogP contribution is 2.26. The van der Waals surface area contributed by atoms with Gasteiger partial charge in [-0.05, 0) is 45.7 Å². The van der Waals surface area contributed by atoms with Crippen molar-refractivity contribution >= 4 is 39.8 Å². The van der Waals surface area contributed by atoms with Crippen LogP contribution in [0.3, 0.4) is 0 Å². The summed E-state index contributed by atoms with van der Waals surface area (Å²) in [5, 5.41) is 3.30. The third-order valence-electron chi connectivity index (χ3n) is 5.09. The van der Waals surface area contributed by atoms with E-state index in [1.807, 2.05) is 6.92 Å². The molecule has 1 aliphatic heterocycles. The van der Waals surface area contributed by atoms with E-state index in [0.29, 0.717) is 13.2 Å². The summed E-state index contributed by atoms with van der Waals surface area (Å²) in [6, 6.07) is 6.42. The first-order chi connectivity index (χ1) is 12.5. The van der Waals surface area contributed by atoms with Crippen molar-refractivity contribution in [3.8, 4) is 0 Å². The second kappa shape index (κ2) is 10.2. The Balaban J connectivity index is 0.00000392. The number of morpholine rings is 1. The molecule has 1 aromatic rings. The smallest absolute Gasteiger partial charge is 0.194 e. The molecular formula is C20H34IN3O3S. The first kappa shape index (κ1) is 25.2. The maximum Gasteiger partial charge on any atom is 0.194 e. The lowest BCUT2D eigenvalue weighted by atomic mass is 10.00. The number of hydrogen-bond acceptors (Lipinski definition) is 4. The van der Waals surface area contributed by atoms with Gasteiger partial charge in [0.15, 0.2) is 15.8 Å². The van der Waals surface area contributed by atoms with Gasteiger partial charge in [0.1, 0.15) is 6.10 Å². The van der Waals surface area contributed by atoms with Crippen LogP contribution in [-0.2, 0) is 14.6 Å². The number of sulfone groups is 1. The minimum atomic E-state index is -3.19. The second-order valence-electron chi connectivity index (χ2n) is 7.87. The number of ether oxygens (including phenoxy) is 1. The van der Waals surface area contributed by atoms with Gasteiger partial charge in [-0.1, -0.05) is 23.8 Å².